The molecule has 0 spiro atoms. The second-order valence-corrected chi connectivity index (χ2v) is 2.88. The van der Waals surface area contributed by atoms with Gasteiger partial charge < -0.3 is 5.73 Å². The van der Waals surface area contributed by atoms with Gasteiger partial charge in [-0.05, 0) is 6.42 Å². The number of hydrogen-bond donors (Lipinski definition) is 1. The van der Waals surface area contributed by atoms with Gasteiger partial charge in [0, 0.05) is 13.5 Å². The Kier molecular flexibility index (Phi) is 7.21. The fourth-order valence-corrected chi connectivity index (χ4v) is 1.02. The van der Waals surface area contributed by atoms with Crippen LogP contribution in [0, 0.1) is 0 Å². The molecule has 0 radical (unpaired) electrons. The molecule has 0 saturated carbocycles. The Labute approximate surface area is 69.9 Å². The Morgan fingerprint density at radius 2 is 1.82 bits per heavy atom. The summed E-state index contributed by atoms with van der Waals surface area (Å²) in [5.74, 6) is 0.793. The van der Waals surface area contributed by atoms with E-state index in [2.05, 4.69) is 11.9 Å². The van der Waals surface area contributed by atoms with Crippen LogP contribution in [0.15, 0.2) is 4.99 Å². The van der Waals surface area contributed by atoms with Crippen LogP contribution in [0.1, 0.15) is 45.4 Å². The van der Waals surface area contributed by atoms with Gasteiger partial charge in [-0.1, -0.05) is 32.6 Å². The number of nitrogens with zero attached hydrogens (tertiary/aromatic N) is 1. The van der Waals surface area contributed by atoms with Crippen molar-refractivity contribution in [1.82, 2.24) is 0 Å². The van der Waals surface area contributed by atoms with Gasteiger partial charge in [0.15, 0.2) is 0 Å². The van der Waals surface area contributed by atoms with E-state index in [0.717, 1.165) is 12.3 Å². The van der Waals surface area contributed by atoms with E-state index in [4.69, 9.17) is 5.73 Å². The van der Waals surface area contributed by atoms with E-state index in [9.17, 15) is 0 Å². The minimum Gasteiger partial charge on any atom is -0.387 e. The minimum absolute atomic E-state index is 0.793. The summed E-state index contributed by atoms with van der Waals surface area (Å²) in [6.07, 6.45) is 7.46. The van der Waals surface area contributed by atoms with Gasteiger partial charge in [0.25, 0.3) is 0 Å². The van der Waals surface area contributed by atoms with Crippen LogP contribution in [-0.2, 0) is 0 Å². The van der Waals surface area contributed by atoms with Crippen molar-refractivity contribution in [3.63, 3.8) is 0 Å². The normalized spacial score (nSPS) is 12.0. The fourth-order valence-electron chi connectivity index (χ4n) is 1.02. The third-order valence-electron chi connectivity index (χ3n) is 1.82. The number of rotatable bonds is 6. The number of aliphatic imine (C=N–C) groups is 1. The first-order chi connectivity index (χ1) is 5.31. The topological polar surface area (TPSA) is 38.4 Å². The zero-order valence-electron chi connectivity index (χ0n) is 7.77. The lowest BCUT2D eigenvalue weighted by molar-refractivity contribution is 0.642. The van der Waals surface area contributed by atoms with E-state index >= 15 is 0 Å². The maximum Gasteiger partial charge on any atom is 0.0933 e. The van der Waals surface area contributed by atoms with Crippen molar-refractivity contribution in [3.8, 4) is 0 Å². The van der Waals surface area contributed by atoms with Crippen LogP contribution >= 0.6 is 0 Å². The Bertz CT molecular complexity index is 108. The van der Waals surface area contributed by atoms with Gasteiger partial charge in [0.2, 0.25) is 0 Å². The van der Waals surface area contributed by atoms with E-state index < -0.39 is 0 Å². The summed E-state index contributed by atoms with van der Waals surface area (Å²) in [5.41, 5.74) is 5.54. The highest BCUT2D eigenvalue weighted by Crippen LogP contribution is 2.04. The number of unbranched alkanes of at least 4 members (excludes halogenated alkanes) is 4. The Hall–Kier alpha value is -0.530. The summed E-state index contributed by atoms with van der Waals surface area (Å²) in [6, 6.07) is 0. The Morgan fingerprint density at radius 1 is 1.18 bits per heavy atom. The number of hydrogen-bond acceptors (Lipinski definition) is 1. The molecule has 0 bridgehead atoms. The molecule has 0 saturated heterocycles. The molecule has 66 valence electrons. The lowest BCUT2D eigenvalue weighted by Crippen LogP contribution is -2.10. The molecule has 0 heterocycles. The molecular formula is C9H20N2. The molecule has 0 aromatic carbocycles. The van der Waals surface area contributed by atoms with Crippen molar-refractivity contribution < 1.29 is 0 Å². The predicted octanol–water partition coefficient (Wildman–Crippen LogP) is 2.33. The molecule has 0 aliphatic rings. The highest BCUT2D eigenvalue weighted by molar-refractivity contribution is 5.79. The highest BCUT2D eigenvalue weighted by Gasteiger charge is 1.91. The molecule has 2 N–H and O–H groups in total. The summed E-state index contributed by atoms with van der Waals surface area (Å²) in [6.45, 7) is 2.22. The Morgan fingerprint density at radius 3 is 2.36 bits per heavy atom. The third-order valence-corrected chi connectivity index (χ3v) is 1.82. The maximum absolute atomic E-state index is 5.54. The van der Waals surface area contributed by atoms with E-state index in [0.29, 0.717) is 0 Å². The SMILES string of the molecule is CCCCCCCC(N)=NC. The predicted molar refractivity (Wildman–Crippen MR) is 50.9 cm³/mol. The largest absolute Gasteiger partial charge is 0.387 e. The second kappa shape index (κ2) is 7.58. The molecule has 2 heteroatoms. The zero-order chi connectivity index (χ0) is 8.53. The van der Waals surface area contributed by atoms with Crippen LogP contribution in [0.25, 0.3) is 0 Å². The maximum atomic E-state index is 5.54. The summed E-state index contributed by atoms with van der Waals surface area (Å²) in [7, 11) is 1.75. The molecule has 0 aromatic rings. The molecule has 0 aliphatic carbocycles. The van der Waals surface area contributed by atoms with E-state index in [1.807, 2.05) is 0 Å². The molecule has 0 rings (SSSR count). The van der Waals surface area contributed by atoms with Gasteiger partial charge in [-0.3, -0.25) is 4.99 Å². The smallest absolute Gasteiger partial charge is 0.0933 e. The van der Waals surface area contributed by atoms with Gasteiger partial charge >= 0.3 is 0 Å². The first kappa shape index (κ1) is 10.5. The van der Waals surface area contributed by atoms with Crippen molar-refractivity contribution in [2.24, 2.45) is 10.7 Å². The first-order valence-electron chi connectivity index (χ1n) is 4.52. The number of nitrogens with two attached hydrogens (primary N) is 1. The molecule has 0 fully saturated rings. The molecule has 0 amide bonds. The van der Waals surface area contributed by atoms with Gasteiger partial charge in [-0.15, -0.1) is 0 Å². The lowest BCUT2D eigenvalue weighted by atomic mass is 10.1. The average molecular weight is 156 g/mol. The van der Waals surface area contributed by atoms with Crippen molar-refractivity contribution in [2.45, 2.75) is 45.4 Å². The fraction of sp³-hybridized carbons (Fsp3) is 0.889. The Balaban J connectivity index is 3.02. The molecule has 0 atom stereocenters. The van der Waals surface area contributed by atoms with Crippen LogP contribution in [-0.4, -0.2) is 12.9 Å². The summed E-state index contributed by atoms with van der Waals surface area (Å²) in [5, 5.41) is 0. The van der Waals surface area contributed by atoms with E-state index in [-0.39, 0.29) is 0 Å². The first-order valence-corrected chi connectivity index (χ1v) is 4.52. The van der Waals surface area contributed by atoms with Crippen LogP contribution in [0.5, 0.6) is 0 Å². The average Bonchev–Trinajstić information content (AvgIpc) is 2.04. The second-order valence-electron chi connectivity index (χ2n) is 2.88. The van der Waals surface area contributed by atoms with Gasteiger partial charge in [0.1, 0.15) is 0 Å². The molecule has 11 heavy (non-hydrogen) atoms. The summed E-state index contributed by atoms with van der Waals surface area (Å²) < 4.78 is 0. The van der Waals surface area contributed by atoms with Crippen molar-refractivity contribution in [3.05, 3.63) is 0 Å². The summed E-state index contributed by atoms with van der Waals surface area (Å²) in [4.78, 5) is 3.90. The third kappa shape index (κ3) is 7.37. The quantitative estimate of drug-likeness (QED) is 0.358. The monoisotopic (exact) mass is 156 g/mol. The van der Waals surface area contributed by atoms with Crippen LogP contribution < -0.4 is 5.73 Å². The molecule has 0 aromatic heterocycles. The zero-order valence-corrected chi connectivity index (χ0v) is 7.77. The molecule has 0 aliphatic heterocycles. The van der Waals surface area contributed by atoms with Crippen LogP contribution in [0.2, 0.25) is 0 Å². The molecule has 2 nitrogen and oxygen atoms in total. The standard InChI is InChI=1S/C9H20N2/c1-3-4-5-6-7-8-9(10)11-2/h3-8H2,1-2H3,(H2,10,11). The van der Waals surface area contributed by atoms with Crippen LogP contribution in [0.3, 0.4) is 0 Å². The highest BCUT2D eigenvalue weighted by atomic mass is 14.8. The van der Waals surface area contributed by atoms with Crippen molar-refractivity contribution in [2.75, 3.05) is 7.05 Å². The van der Waals surface area contributed by atoms with Crippen molar-refractivity contribution >= 4 is 5.84 Å². The lowest BCUT2D eigenvalue weighted by Gasteiger charge is -1.98. The van der Waals surface area contributed by atoms with Crippen LogP contribution in [0.4, 0.5) is 0 Å². The molecular weight excluding hydrogens is 136 g/mol. The van der Waals surface area contributed by atoms with Gasteiger partial charge in [-0.2, -0.15) is 0 Å². The van der Waals surface area contributed by atoms with Gasteiger partial charge in [-0.25, -0.2) is 0 Å². The van der Waals surface area contributed by atoms with E-state index in [1.165, 1.54) is 32.1 Å². The number of amidine groups is 1. The van der Waals surface area contributed by atoms with Crippen molar-refractivity contribution in [1.29, 1.82) is 0 Å². The van der Waals surface area contributed by atoms with Gasteiger partial charge in [0.05, 0.1) is 5.84 Å². The minimum atomic E-state index is 0.793. The molecule has 0 unspecified atom stereocenters. The van der Waals surface area contributed by atoms with E-state index in [1.54, 1.807) is 7.05 Å². The summed E-state index contributed by atoms with van der Waals surface area (Å²) >= 11 is 0.